The van der Waals surface area contributed by atoms with Gasteiger partial charge < -0.3 is 9.84 Å². The van der Waals surface area contributed by atoms with Crippen LogP contribution in [0, 0.1) is 0 Å². The van der Waals surface area contributed by atoms with Crippen molar-refractivity contribution in [3.63, 3.8) is 0 Å². The molecule has 1 aromatic carbocycles. The maximum atomic E-state index is 8.94. The van der Waals surface area contributed by atoms with Crippen LogP contribution in [0.1, 0.15) is 5.69 Å². The average molecular weight is 221 g/mol. The summed E-state index contributed by atoms with van der Waals surface area (Å²) in [6, 6.07) is 7.72. The third-order valence-electron chi connectivity index (χ3n) is 2.05. The first-order valence-corrected chi connectivity index (χ1v) is 5.41. The monoisotopic (exact) mass is 221 g/mol. The van der Waals surface area contributed by atoms with E-state index in [0.717, 1.165) is 16.3 Å². The van der Waals surface area contributed by atoms with Gasteiger partial charge in [-0.05, 0) is 12.1 Å². The summed E-state index contributed by atoms with van der Waals surface area (Å²) in [6.45, 7) is -0.0222. The molecule has 1 aromatic heterocycles. The SMILES string of the molecule is COc1ccccc1-c1nc(CO)cs1. The number of methoxy groups -OCH3 is 1. The molecule has 0 amide bonds. The summed E-state index contributed by atoms with van der Waals surface area (Å²) in [6.07, 6.45) is 0. The van der Waals surface area contributed by atoms with Gasteiger partial charge in [-0.2, -0.15) is 0 Å². The fourth-order valence-corrected chi connectivity index (χ4v) is 2.17. The van der Waals surface area contributed by atoms with Gasteiger partial charge in [0.05, 0.1) is 25.0 Å². The lowest BCUT2D eigenvalue weighted by molar-refractivity contribution is 0.278. The molecule has 0 atom stereocenters. The molecule has 1 heterocycles. The summed E-state index contributed by atoms with van der Waals surface area (Å²) in [5, 5.41) is 11.7. The van der Waals surface area contributed by atoms with Crippen molar-refractivity contribution in [2.75, 3.05) is 7.11 Å². The van der Waals surface area contributed by atoms with E-state index in [2.05, 4.69) is 4.98 Å². The first-order valence-electron chi connectivity index (χ1n) is 4.54. The van der Waals surface area contributed by atoms with Gasteiger partial charge in [-0.15, -0.1) is 11.3 Å². The molecule has 2 aromatic rings. The Morgan fingerprint density at radius 2 is 2.20 bits per heavy atom. The van der Waals surface area contributed by atoms with Crippen LogP contribution < -0.4 is 4.74 Å². The Balaban J connectivity index is 2.44. The van der Waals surface area contributed by atoms with Crippen molar-refractivity contribution >= 4 is 11.3 Å². The average Bonchev–Trinajstić information content (AvgIpc) is 2.77. The van der Waals surface area contributed by atoms with Crippen molar-refractivity contribution in [2.45, 2.75) is 6.61 Å². The molecule has 0 bridgehead atoms. The Morgan fingerprint density at radius 3 is 2.87 bits per heavy atom. The number of rotatable bonds is 3. The third-order valence-corrected chi connectivity index (χ3v) is 2.98. The molecule has 0 aliphatic rings. The number of ether oxygens (including phenoxy) is 1. The largest absolute Gasteiger partial charge is 0.496 e. The summed E-state index contributed by atoms with van der Waals surface area (Å²) in [5.41, 5.74) is 1.66. The van der Waals surface area contributed by atoms with E-state index in [-0.39, 0.29) is 6.61 Å². The number of hydrogen-bond acceptors (Lipinski definition) is 4. The molecule has 0 aliphatic carbocycles. The first kappa shape index (κ1) is 10.1. The summed E-state index contributed by atoms with van der Waals surface area (Å²) >= 11 is 1.51. The second kappa shape index (κ2) is 4.42. The summed E-state index contributed by atoms with van der Waals surface area (Å²) < 4.78 is 5.25. The van der Waals surface area contributed by atoms with Gasteiger partial charge in [0.1, 0.15) is 10.8 Å². The van der Waals surface area contributed by atoms with Crippen LogP contribution in [0.2, 0.25) is 0 Å². The fraction of sp³-hybridized carbons (Fsp3) is 0.182. The van der Waals surface area contributed by atoms with E-state index in [4.69, 9.17) is 9.84 Å². The van der Waals surface area contributed by atoms with Gasteiger partial charge in [-0.25, -0.2) is 4.98 Å². The number of benzene rings is 1. The number of aromatic nitrogens is 1. The van der Waals surface area contributed by atoms with Crippen LogP contribution in [0.5, 0.6) is 5.75 Å². The van der Waals surface area contributed by atoms with E-state index in [9.17, 15) is 0 Å². The highest BCUT2D eigenvalue weighted by Crippen LogP contribution is 2.31. The predicted molar refractivity (Wildman–Crippen MR) is 60.0 cm³/mol. The molecule has 0 spiro atoms. The highest BCUT2D eigenvalue weighted by molar-refractivity contribution is 7.13. The highest BCUT2D eigenvalue weighted by Gasteiger charge is 2.08. The van der Waals surface area contributed by atoms with Crippen molar-refractivity contribution in [3.05, 3.63) is 35.3 Å². The first-order chi connectivity index (χ1) is 7.35. The molecule has 0 saturated carbocycles. The van der Waals surface area contributed by atoms with Crippen LogP contribution in [0.25, 0.3) is 10.6 Å². The Bertz CT molecular complexity index is 453. The zero-order valence-electron chi connectivity index (χ0n) is 8.30. The van der Waals surface area contributed by atoms with Gasteiger partial charge in [0.15, 0.2) is 0 Å². The van der Waals surface area contributed by atoms with Crippen LogP contribution in [0.15, 0.2) is 29.6 Å². The molecule has 0 aliphatic heterocycles. The Morgan fingerprint density at radius 1 is 1.40 bits per heavy atom. The number of para-hydroxylation sites is 1. The molecule has 0 radical (unpaired) electrons. The Hall–Kier alpha value is -1.39. The standard InChI is InChI=1S/C11H11NO2S/c1-14-10-5-3-2-4-9(10)11-12-8(6-13)7-15-11/h2-5,7,13H,6H2,1H3. The van der Waals surface area contributed by atoms with Gasteiger partial charge in [0.2, 0.25) is 0 Å². The molecule has 0 saturated heterocycles. The minimum atomic E-state index is -0.0222. The third kappa shape index (κ3) is 2.00. The van der Waals surface area contributed by atoms with E-state index in [0.29, 0.717) is 5.69 Å². The minimum Gasteiger partial charge on any atom is -0.496 e. The number of thiazole rings is 1. The van der Waals surface area contributed by atoms with E-state index < -0.39 is 0 Å². The molecule has 15 heavy (non-hydrogen) atoms. The molecule has 2 rings (SSSR count). The van der Waals surface area contributed by atoms with Crippen molar-refractivity contribution in [3.8, 4) is 16.3 Å². The van der Waals surface area contributed by atoms with E-state index >= 15 is 0 Å². The van der Waals surface area contributed by atoms with Crippen LogP contribution >= 0.6 is 11.3 Å². The molecular formula is C11H11NO2S. The van der Waals surface area contributed by atoms with Gasteiger partial charge >= 0.3 is 0 Å². The van der Waals surface area contributed by atoms with E-state index in [1.807, 2.05) is 29.6 Å². The maximum Gasteiger partial charge on any atom is 0.129 e. The fourth-order valence-electron chi connectivity index (χ4n) is 1.32. The number of nitrogens with zero attached hydrogens (tertiary/aromatic N) is 1. The maximum absolute atomic E-state index is 8.94. The lowest BCUT2D eigenvalue weighted by atomic mass is 10.2. The topological polar surface area (TPSA) is 42.4 Å². The summed E-state index contributed by atoms with van der Waals surface area (Å²) in [7, 11) is 1.64. The minimum absolute atomic E-state index is 0.0222. The number of aliphatic hydroxyl groups excluding tert-OH is 1. The molecule has 0 unspecified atom stereocenters. The normalized spacial score (nSPS) is 10.3. The summed E-state index contributed by atoms with van der Waals surface area (Å²) in [5.74, 6) is 0.802. The number of hydrogen-bond donors (Lipinski definition) is 1. The Labute approximate surface area is 92.0 Å². The van der Waals surface area contributed by atoms with Gasteiger partial charge in [-0.3, -0.25) is 0 Å². The summed E-state index contributed by atoms with van der Waals surface area (Å²) in [4.78, 5) is 4.30. The second-order valence-corrected chi connectivity index (χ2v) is 3.86. The van der Waals surface area contributed by atoms with E-state index in [1.54, 1.807) is 7.11 Å². The lowest BCUT2D eigenvalue weighted by Crippen LogP contribution is -1.87. The molecule has 0 fully saturated rings. The molecule has 4 heteroatoms. The molecular weight excluding hydrogens is 210 g/mol. The van der Waals surface area contributed by atoms with Crippen LogP contribution in [0.3, 0.4) is 0 Å². The van der Waals surface area contributed by atoms with Crippen LogP contribution in [-0.4, -0.2) is 17.2 Å². The van der Waals surface area contributed by atoms with Crippen LogP contribution in [-0.2, 0) is 6.61 Å². The molecule has 3 nitrogen and oxygen atoms in total. The van der Waals surface area contributed by atoms with Crippen LogP contribution in [0.4, 0.5) is 0 Å². The van der Waals surface area contributed by atoms with Crippen molar-refractivity contribution in [2.24, 2.45) is 0 Å². The highest BCUT2D eigenvalue weighted by atomic mass is 32.1. The van der Waals surface area contributed by atoms with Crippen molar-refractivity contribution in [1.82, 2.24) is 4.98 Å². The second-order valence-electron chi connectivity index (χ2n) is 3.00. The van der Waals surface area contributed by atoms with E-state index in [1.165, 1.54) is 11.3 Å². The van der Waals surface area contributed by atoms with Crippen molar-refractivity contribution in [1.29, 1.82) is 0 Å². The van der Waals surface area contributed by atoms with Gasteiger partial charge in [0, 0.05) is 5.38 Å². The zero-order chi connectivity index (χ0) is 10.7. The lowest BCUT2D eigenvalue weighted by Gasteiger charge is -2.04. The Kier molecular flexibility index (Phi) is 2.99. The zero-order valence-corrected chi connectivity index (χ0v) is 9.12. The predicted octanol–water partition coefficient (Wildman–Crippen LogP) is 2.31. The smallest absolute Gasteiger partial charge is 0.129 e. The van der Waals surface area contributed by atoms with Gasteiger partial charge in [-0.1, -0.05) is 12.1 Å². The number of aliphatic hydroxyl groups is 1. The van der Waals surface area contributed by atoms with Crippen molar-refractivity contribution < 1.29 is 9.84 Å². The quantitative estimate of drug-likeness (QED) is 0.864. The molecule has 78 valence electrons. The molecule has 1 N–H and O–H groups in total. The van der Waals surface area contributed by atoms with Gasteiger partial charge in [0.25, 0.3) is 0 Å².